The number of rotatable bonds is 7. The monoisotopic (exact) mass is 402 g/mol. The zero-order valence-corrected chi connectivity index (χ0v) is 16.5. The van der Waals surface area contributed by atoms with Crippen molar-refractivity contribution in [3.8, 4) is 0 Å². The molecule has 3 aromatic rings. The van der Waals surface area contributed by atoms with Crippen LogP contribution in [-0.4, -0.2) is 24.0 Å². The highest BCUT2D eigenvalue weighted by Gasteiger charge is 2.05. The molecule has 152 valence electrons. The van der Waals surface area contributed by atoms with Crippen molar-refractivity contribution in [1.29, 1.82) is 0 Å². The molecular weight excluding hydrogens is 380 g/mol. The van der Waals surface area contributed by atoms with Crippen molar-refractivity contribution in [2.24, 2.45) is 0 Å². The van der Waals surface area contributed by atoms with Crippen LogP contribution in [0.5, 0.6) is 0 Å². The maximum atomic E-state index is 12.2. The fraction of sp³-hybridized carbons (Fsp3) is 0.0870. The van der Waals surface area contributed by atoms with Crippen LogP contribution in [0.3, 0.4) is 0 Å². The molecule has 0 fully saturated rings. The number of pyridine rings is 1. The Balaban J connectivity index is 1.50. The SMILES string of the molecule is CNc1ccccc1NC(=O)/C=C/c1ccc(NC(=O)OCc2cccnc2)cc1. The van der Waals surface area contributed by atoms with Crippen molar-refractivity contribution in [2.75, 3.05) is 23.0 Å². The molecule has 7 nitrogen and oxygen atoms in total. The number of para-hydroxylation sites is 2. The summed E-state index contributed by atoms with van der Waals surface area (Å²) in [6.45, 7) is 0.145. The van der Waals surface area contributed by atoms with Crippen molar-refractivity contribution in [2.45, 2.75) is 6.61 Å². The first-order chi connectivity index (χ1) is 14.6. The summed E-state index contributed by atoms with van der Waals surface area (Å²) in [5.74, 6) is -0.237. The van der Waals surface area contributed by atoms with Gasteiger partial charge < -0.3 is 15.4 Å². The Labute approximate surface area is 174 Å². The number of carbonyl (C=O) groups excluding carboxylic acids is 2. The van der Waals surface area contributed by atoms with Crippen molar-refractivity contribution in [3.63, 3.8) is 0 Å². The summed E-state index contributed by atoms with van der Waals surface area (Å²) >= 11 is 0. The number of hydrogen-bond donors (Lipinski definition) is 3. The Kier molecular flexibility index (Phi) is 7.16. The van der Waals surface area contributed by atoms with Gasteiger partial charge in [0.25, 0.3) is 0 Å². The third-order valence-corrected chi connectivity index (χ3v) is 4.13. The van der Waals surface area contributed by atoms with E-state index in [1.807, 2.05) is 30.3 Å². The first kappa shape index (κ1) is 20.6. The highest BCUT2D eigenvalue weighted by Crippen LogP contribution is 2.20. The molecule has 1 heterocycles. The van der Waals surface area contributed by atoms with Crippen LogP contribution in [0.25, 0.3) is 6.08 Å². The number of amides is 2. The van der Waals surface area contributed by atoms with Crippen molar-refractivity contribution in [3.05, 3.63) is 90.3 Å². The van der Waals surface area contributed by atoms with Crippen LogP contribution in [0.2, 0.25) is 0 Å². The molecule has 0 saturated heterocycles. The van der Waals surface area contributed by atoms with E-state index >= 15 is 0 Å². The maximum absolute atomic E-state index is 12.2. The van der Waals surface area contributed by atoms with Crippen LogP contribution < -0.4 is 16.0 Å². The lowest BCUT2D eigenvalue weighted by Gasteiger charge is -2.08. The Morgan fingerprint density at radius 1 is 0.967 bits per heavy atom. The number of ether oxygens (including phenoxy) is 1. The summed E-state index contributed by atoms with van der Waals surface area (Å²) in [7, 11) is 1.80. The second-order valence-corrected chi connectivity index (χ2v) is 6.30. The van der Waals surface area contributed by atoms with Gasteiger partial charge in [-0.05, 0) is 42.0 Å². The number of nitrogens with one attached hydrogen (secondary N) is 3. The van der Waals surface area contributed by atoms with E-state index in [1.165, 1.54) is 6.08 Å². The average Bonchev–Trinajstić information content (AvgIpc) is 2.78. The fourth-order valence-electron chi connectivity index (χ4n) is 2.62. The predicted octanol–water partition coefficient (Wildman–Crippen LogP) is 4.52. The van der Waals surface area contributed by atoms with Gasteiger partial charge in [0.15, 0.2) is 0 Å². The summed E-state index contributed by atoms with van der Waals surface area (Å²) in [5, 5.41) is 8.52. The molecule has 2 aromatic carbocycles. The largest absolute Gasteiger partial charge is 0.444 e. The van der Waals surface area contributed by atoms with Crippen LogP contribution in [0.1, 0.15) is 11.1 Å². The van der Waals surface area contributed by atoms with Gasteiger partial charge in [-0.25, -0.2) is 4.79 Å². The maximum Gasteiger partial charge on any atom is 0.411 e. The van der Waals surface area contributed by atoms with E-state index in [-0.39, 0.29) is 12.5 Å². The van der Waals surface area contributed by atoms with E-state index in [0.717, 1.165) is 16.8 Å². The molecule has 0 atom stereocenters. The minimum atomic E-state index is -0.551. The standard InChI is InChI=1S/C23H22N4O3/c1-24-20-6-2-3-7-21(20)27-22(28)13-10-17-8-11-19(12-9-17)26-23(29)30-16-18-5-4-14-25-15-18/h2-15,24H,16H2,1H3,(H,26,29)(H,27,28)/b13-10+. The second-order valence-electron chi connectivity index (χ2n) is 6.30. The highest BCUT2D eigenvalue weighted by atomic mass is 16.5. The van der Waals surface area contributed by atoms with Crippen molar-refractivity contribution >= 4 is 35.1 Å². The van der Waals surface area contributed by atoms with Crippen LogP contribution in [0.15, 0.2) is 79.1 Å². The zero-order chi connectivity index (χ0) is 21.2. The normalized spacial score (nSPS) is 10.4. The van der Waals surface area contributed by atoms with E-state index in [2.05, 4.69) is 20.9 Å². The topological polar surface area (TPSA) is 92.3 Å². The van der Waals surface area contributed by atoms with Crippen LogP contribution >= 0.6 is 0 Å². The minimum absolute atomic E-state index is 0.145. The van der Waals surface area contributed by atoms with E-state index in [0.29, 0.717) is 11.4 Å². The lowest BCUT2D eigenvalue weighted by Crippen LogP contribution is -2.13. The summed E-state index contributed by atoms with van der Waals surface area (Å²) < 4.78 is 5.15. The molecule has 3 rings (SSSR count). The smallest absolute Gasteiger partial charge is 0.411 e. The molecule has 0 aliphatic carbocycles. The third-order valence-electron chi connectivity index (χ3n) is 4.13. The zero-order valence-electron chi connectivity index (χ0n) is 16.5. The lowest BCUT2D eigenvalue weighted by molar-refractivity contribution is -0.111. The first-order valence-electron chi connectivity index (χ1n) is 9.32. The number of nitrogens with zero attached hydrogens (tertiary/aromatic N) is 1. The molecule has 30 heavy (non-hydrogen) atoms. The van der Waals surface area contributed by atoms with Crippen LogP contribution in [0.4, 0.5) is 21.9 Å². The van der Waals surface area contributed by atoms with Gasteiger partial charge in [0.1, 0.15) is 6.61 Å². The van der Waals surface area contributed by atoms with Crippen LogP contribution in [0, 0.1) is 0 Å². The first-order valence-corrected chi connectivity index (χ1v) is 9.32. The molecule has 0 aliphatic heterocycles. The number of aromatic nitrogens is 1. The molecule has 0 bridgehead atoms. The molecular formula is C23H22N4O3. The molecule has 0 aliphatic rings. The Hall–Kier alpha value is -4.13. The van der Waals surface area contributed by atoms with Crippen LogP contribution in [-0.2, 0) is 16.1 Å². The Morgan fingerprint density at radius 2 is 1.73 bits per heavy atom. The molecule has 3 N–H and O–H groups in total. The molecule has 0 saturated carbocycles. The van der Waals surface area contributed by atoms with Gasteiger partial charge in [0.05, 0.1) is 11.4 Å². The fourth-order valence-corrected chi connectivity index (χ4v) is 2.62. The molecule has 0 radical (unpaired) electrons. The Morgan fingerprint density at radius 3 is 2.43 bits per heavy atom. The summed E-state index contributed by atoms with van der Waals surface area (Å²) in [6.07, 6.45) is 5.90. The molecule has 0 spiro atoms. The average molecular weight is 402 g/mol. The summed E-state index contributed by atoms with van der Waals surface area (Å²) in [6, 6.07) is 18.1. The molecule has 1 aromatic heterocycles. The number of benzene rings is 2. The minimum Gasteiger partial charge on any atom is -0.444 e. The van der Waals surface area contributed by atoms with Gasteiger partial charge in [-0.2, -0.15) is 0 Å². The second kappa shape index (κ2) is 10.4. The lowest BCUT2D eigenvalue weighted by atomic mass is 10.2. The number of anilines is 3. The summed E-state index contributed by atoms with van der Waals surface area (Å²) in [5.41, 5.74) is 3.77. The molecule has 0 unspecified atom stereocenters. The number of carbonyl (C=O) groups is 2. The third kappa shape index (κ3) is 6.20. The predicted molar refractivity (Wildman–Crippen MR) is 118 cm³/mol. The van der Waals surface area contributed by atoms with Gasteiger partial charge in [0, 0.05) is 36.8 Å². The summed E-state index contributed by atoms with van der Waals surface area (Å²) in [4.78, 5) is 28.0. The van der Waals surface area contributed by atoms with Crippen molar-refractivity contribution in [1.82, 2.24) is 4.98 Å². The highest BCUT2D eigenvalue weighted by molar-refractivity contribution is 6.03. The van der Waals surface area contributed by atoms with Gasteiger partial charge in [0.2, 0.25) is 5.91 Å². The molecule has 2 amide bonds. The van der Waals surface area contributed by atoms with E-state index in [1.54, 1.807) is 55.8 Å². The Bertz CT molecular complexity index is 1020. The van der Waals surface area contributed by atoms with Crippen molar-refractivity contribution < 1.29 is 14.3 Å². The number of hydrogen-bond acceptors (Lipinski definition) is 5. The quantitative estimate of drug-likeness (QED) is 0.505. The van der Waals surface area contributed by atoms with Gasteiger partial charge in [-0.1, -0.05) is 30.3 Å². The van der Waals surface area contributed by atoms with Gasteiger partial charge in [-0.15, -0.1) is 0 Å². The molecule has 7 heteroatoms. The van der Waals surface area contributed by atoms with Gasteiger partial charge in [-0.3, -0.25) is 15.1 Å². The van der Waals surface area contributed by atoms with E-state index in [4.69, 9.17) is 4.74 Å². The van der Waals surface area contributed by atoms with Gasteiger partial charge >= 0.3 is 6.09 Å². The van der Waals surface area contributed by atoms with E-state index < -0.39 is 6.09 Å². The van der Waals surface area contributed by atoms with E-state index in [9.17, 15) is 9.59 Å².